The summed E-state index contributed by atoms with van der Waals surface area (Å²) in [5.41, 5.74) is 6.83. The number of ether oxygens (including phenoxy) is 1. The summed E-state index contributed by atoms with van der Waals surface area (Å²) in [7, 11) is 0. The summed E-state index contributed by atoms with van der Waals surface area (Å²) in [5.74, 6) is 0. The molecule has 1 N–H and O–H groups in total. The number of aromatic nitrogens is 3. The third-order valence-corrected chi connectivity index (χ3v) is 6.28. The molecule has 0 radical (unpaired) electrons. The molecule has 0 saturated carbocycles. The Balaban J connectivity index is 1.79. The van der Waals surface area contributed by atoms with E-state index in [2.05, 4.69) is 80.4 Å². The minimum absolute atomic E-state index is 0.0272. The van der Waals surface area contributed by atoms with E-state index in [0.717, 1.165) is 16.7 Å². The Morgan fingerprint density at radius 1 is 1.00 bits per heavy atom. The Labute approximate surface area is 200 Å². The van der Waals surface area contributed by atoms with Gasteiger partial charge in [0.15, 0.2) is 5.65 Å². The van der Waals surface area contributed by atoms with E-state index < -0.39 is 0 Å². The van der Waals surface area contributed by atoms with Crippen LogP contribution in [0.1, 0.15) is 47.7 Å². The van der Waals surface area contributed by atoms with E-state index in [1.165, 1.54) is 16.7 Å². The molecule has 34 heavy (non-hydrogen) atoms. The lowest BCUT2D eigenvalue weighted by Crippen LogP contribution is -2.32. The van der Waals surface area contributed by atoms with Crippen molar-refractivity contribution in [1.29, 1.82) is 10.7 Å². The van der Waals surface area contributed by atoms with Crippen molar-refractivity contribution >= 4 is 11.2 Å². The van der Waals surface area contributed by atoms with Gasteiger partial charge in [0.05, 0.1) is 43.3 Å². The van der Waals surface area contributed by atoms with Crippen LogP contribution >= 0.6 is 0 Å². The van der Waals surface area contributed by atoms with Gasteiger partial charge in [0.1, 0.15) is 0 Å². The molecule has 2 aromatic carbocycles. The van der Waals surface area contributed by atoms with E-state index in [-0.39, 0.29) is 12.1 Å². The predicted molar refractivity (Wildman–Crippen MR) is 134 cm³/mol. The summed E-state index contributed by atoms with van der Waals surface area (Å²) in [4.78, 5) is 4.69. The van der Waals surface area contributed by atoms with Gasteiger partial charge in [-0.05, 0) is 50.5 Å². The molecule has 2 aromatic heterocycles. The van der Waals surface area contributed by atoms with Crippen LogP contribution in [0.25, 0.3) is 11.2 Å². The van der Waals surface area contributed by atoms with E-state index in [4.69, 9.17) is 10.00 Å². The Bertz CT molecular complexity index is 1340. The molecule has 0 aliphatic heterocycles. The normalized spacial score (nSPS) is 13.0. The molecule has 174 valence electrons. The second kappa shape index (κ2) is 10.5. The van der Waals surface area contributed by atoms with Crippen molar-refractivity contribution in [2.45, 2.75) is 45.7 Å². The van der Waals surface area contributed by atoms with Gasteiger partial charge in [-0.15, -0.1) is 0 Å². The SMILES string of the molecule is Cc1ccc(CC(COCCC#N)n2c(=N)n(C(C)c3ccc(C)cc3)c3cccnc32)cc1. The number of imidazole rings is 1. The highest BCUT2D eigenvalue weighted by molar-refractivity contribution is 5.72. The molecule has 0 fully saturated rings. The van der Waals surface area contributed by atoms with Gasteiger partial charge in [-0.2, -0.15) is 5.26 Å². The number of pyridine rings is 1. The van der Waals surface area contributed by atoms with Crippen molar-refractivity contribution in [3.05, 3.63) is 94.7 Å². The maximum Gasteiger partial charge on any atom is 0.205 e. The minimum Gasteiger partial charge on any atom is -0.378 e. The van der Waals surface area contributed by atoms with E-state index >= 15 is 0 Å². The first-order valence-electron chi connectivity index (χ1n) is 11.7. The third kappa shape index (κ3) is 4.95. The molecule has 2 atom stereocenters. The molecule has 2 heterocycles. The lowest BCUT2D eigenvalue weighted by Gasteiger charge is -2.20. The van der Waals surface area contributed by atoms with Gasteiger partial charge in [0.25, 0.3) is 0 Å². The standard InChI is InChI=1S/C28H31N5O/c1-20-7-11-23(12-8-20)18-25(19-34-17-5-15-29)33-27-26(6-4-16-31-27)32(28(33)30)22(3)24-13-9-21(2)10-14-24/h4,6-14,16,22,25,30H,5,17-19H2,1-3H3. The van der Waals surface area contributed by atoms with Crippen LogP contribution in [0.4, 0.5) is 0 Å². The number of nitrogens with zero attached hydrogens (tertiary/aromatic N) is 4. The van der Waals surface area contributed by atoms with Gasteiger partial charge in [-0.1, -0.05) is 59.7 Å². The fourth-order valence-electron chi connectivity index (χ4n) is 4.38. The summed E-state index contributed by atoms with van der Waals surface area (Å²) < 4.78 is 9.93. The van der Waals surface area contributed by atoms with Gasteiger partial charge >= 0.3 is 0 Å². The van der Waals surface area contributed by atoms with Gasteiger partial charge < -0.3 is 9.30 Å². The van der Waals surface area contributed by atoms with Crippen LogP contribution in [0.2, 0.25) is 0 Å². The van der Waals surface area contributed by atoms with Crippen LogP contribution in [0, 0.1) is 30.6 Å². The molecular formula is C28H31N5O. The van der Waals surface area contributed by atoms with Gasteiger partial charge in [0, 0.05) is 6.20 Å². The molecule has 0 aliphatic carbocycles. The molecule has 2 unspecified atom stereocenters. The van der Waals surface area contributed by atoms with E-state index in [0.29, 0.717) is 31.7 Å². The number of hydrogen-bond donors (Lipinski definition) is 1. The quantitative estimate of drug-likeness (QED) is 0.351. The van der Waals surface area contributed by atoms with E-state index in [1.807, 2.05) is 21.3 Å². The zero-order chi connectivity index (χ0) is 24.1. The number of fused-ring (bicyclic) bond motifs is 1. The van der Waals surface area contributed by atoms with Gasteiger partial charge in [-0.25, -0.2) is 4.98 Å². The second-order valence-electron chi connectivity index (χ2n) is 8.82. The number of nitrogens with one attached hydrogen (secondary N) is 1. The highest BCUT2D eigenvalue weighted by Crippen LogP contribution is 2.25. The van der Waals surface area contributed by atoms with Crippen LogP contribution < -0.4 is 5.62 Å². The first-order chi connectivity index (χ1) is 16.5. The first-order valence-corrected chi connectivity index (χ1v) is 11.7. The largest absolute Gasteiger partial charge is 0.378 e. The Morgan fingerprint density at radius 2 is 1.68 bits per heavy atom. The van der Waals surface area contributed by atoms with Crippen molar-refractivity contribution in [3.63, 3.8) is 0 Å². The van der Waals surface area contributed by atoms with Gasteiger partial charge in [-0.3, -0.25) is 9.98 Å². The second-order valence-corrected chi connectivity index (χ2v) is 8.82. The average molecular weight is 454 g/mol. The highest BCUT2D eigenvalue weighted by atomic mass is 16.5. The third-order valence-electron chi connectivity index (χ3n) is 6.28. The average Bonchev–Trinajstić information content (AvgIpc) is 3.14. The number of nitriles is 1. The van der Waals surface area contributed by atoms with Crippen LogP contribution in [0.15, 0.2) is 66.9 Å². The number of rotatable bonds is 9. The molecule has 0 spiro atoms. The maximum atomic E-state index is 9.22. The lowest BCUT2D eigenvalue weighted by molar-refractivity contribution is 0.106. The molecular weight excluding hydrogens is 422 g/mol. The summed E-state index contributed by atoms with van der Waals surface area (Å²) >= 11 is 0. The minimum atomic E-state index is -0.127. The zero-order valence-corrected chi connectivity index (χ0v) is 20.0. The molecule has 4 rings (SSSR count). The van der Waals surface area contributed by atoms with Gasteiger partial charge in [0.2, 0.25) is 5.62 Å². The summed E-state index contributed by atoms with van der Waals surface area (Å²) in [6.45, 7) is 7.06. The number of benzene rings is 2. The highest BCUT2D eigenvalue weighted by Gasteiger charge is 2.23. The van der Waals surface area contributed by atoms with Crippen molar-refractivity contribution in [2.24, 2.45) is 0 Å². The Hall–Kier alpha value is -3.69. The fourth-order valence-corrected chi connectivity index (χ4v) is 4.38. The molecule has 6 nitrogen and oxygen atoms in total. The summed E-state index contributed by atoms with van der Waals surface area (Å²) in [6.07, 6.45) is 2.83. The van der Waals surface area contributed by atoms with Crippen LogP contribution in [-0.2, 0) is 11.2 Å². The number of aryl methyl sites for hydroxylation is 2. The summed E-state index contributed by atoms with van der Waals surface area (Å²) in [5, 5.41) is 18.1. The monoisotopic (exact) mass is 453 g/mol. The zero-order valence-electron chi connectivity index (χ0n) is 20.0. The van der Waals surface area contributed by atoms with Crippen LogP contribution in [0.3, 0.4) is 0 Å². The van der Waals surface area contributed by atoms with Crippen molar-refractivity contribution < 1.29 is 4.74 Å². The molecule has 0 bridgehead atoms. The van der Waals surface area contributed by atoms with E-state index in [1.54, 1.807) is 6.20 Å². The first kappa shape index (κ1) is 23.5. The van der Waals surface area contributed by atoms with Crippen molar-refractivity contribution in [3.8, 4) is 6.07 Å². The molecule has 6 heteroatoms. The Kier molecular flexibility index (Phi) is 7.24. The Morgan fingerprint density at radius 3 is 2.35 bits per heavy atom. The van der Waals surface area contributed by atoms with Crippen LogP contribution in [-0.4, -0.2) is 27.3 Å². The van der Waals surface area contributed by atoms with Crippen molar-refractivity contribution in [1.82, 2.24) is 14.1 Å². The molecule has 4 aromatic rings. The smallest absolute Gasteiger partial charge is 0.205 e. The topological polar surface area (TPSA) is 79.6 Å². The fraction of sp³-hybridized carbons (Fsp3) is 0.321. The number of hydrogen-bond acceptors (Lipinski definition) is 4. The van der Waals surface area contributed by atoms with Crippen LogP contribution in [0.5, 0.6) is 0 Å². The molecule has 0 saturated heterocycles. The summed E-state index contributed by atoms with van der Waals surface area (Å²) in [6, 6.07) is 22.9. The maximum absolute atomic E-state index is 9.22. The lowest BCUT2D eigenvalue weighted by atomic mass is 10.0. The van der Waals surface area contributed by atoms with E-state index in [9.17, 15) is 5.41 Å². The predicted octanol–water partition coefficient (Wildman–Crippen LogP) is 5.26. The molecule has 0 amide bonds. The molecule has 0 aliphatic rings. The van der Waals surface area contributed by atoms with Crippen molar-refractivity contribution in [2.75, 3.05) is 13.2 Å².